The number of carbonyl (C=O) groups is 2. The molecular formula is C43H46F3N3O7. The van der Waals surface area contributed by atoms with Crippen LogP contribution in [0.25, 0.3) is 11.1 Å². The summed E-state index contributed by atoms with van der Waals surface area (Å²) in [5, 5.41) is 12.4. The predicted molar refractivity (Wildman–Crippen MR) is 201 cm³/mol. The highest BCUT2D eigenvalue weighted by molar-refractivity contribution is 5.90. The number of aliphatic hydroxyl groups excluding tert-OH is 1. The second kappa shape index (κ2) is 17.0. The first-order chi connectivity index (χ1) is 27.0. The molecule has 2 fully saturated rings. The molecule has 4 atom stereocenters. The smallest absolute Gasteiger partial charge is 0.471 e. The normalized spacial score (nSPS) is 21.4. The zero-order valence-corrected chi connectivity index (χ0v) is 31.4. The maximum Gasteiger partial charge on any atom is 0.471 e. The molecule has 0 radical (unpaired) electrons. The van der Waals surface area contributed by atoms with Crippen molar-refractivity contribution in [3.8, 4) is 22.6 Å². The Bertz CT molecular complexity index is 2010. The number of rotatable bonds is 11. The van der Waals surface area contributed by atoms with Crippen molar-refractivity contribution in [1.82, 2.24) is 15.1 Å². The highest BCUT2D eigenvalue weighted by atomic mass is 19.4. The Balaban J connectivity index is 1.06. The average molecular weight is 774 g/mol. The van der Waals surface area contributed by atoms with Crippen molar-refractivity contribution in [3.63, 3.8) is 0 Å². The minimum Gasteiger partial charge on any atom is -0.493 e. The van der Waals surface area contributed by atoms with E-state index in [9.17, 15) is 27.9 Å². The number of halogens is 3. The summed E-state index contributed by atoms with van der Waals surface area (Å²) in [5.41, 5.74) is 7.58. The fourth-order valence-corrected chi connectivity index (χ4v) is 7.94. The third-order valence-electron chi connectivity index (χ3n) is 10.9. The molecule has 0 bridgehead atoms. The summed E-state index contributed by atoms with van der Waals surface area (Å²) in [6.07, 6.45) is -4.07. The molecule has 3 aliphatic heterocycles. The van der Waals surface area contributed by atoms with Gasteiger partial charge in [0, 0.05) is 44.7 Å². The van der Waals surface area contributed by atoms with Gasteiger partial charge in [0.05, 0.1) is 33.0 Å². The van der Waals surface area contributed by atoms with Crippen molar-refractivity contribution < 1.29 is 46.8 Å². The zero-order valence-electron chi connectivity index (χ0n) is 31.4. The first-order valence-corrected chi connectivity index (χ1v) is 18.8. The van der Waals surface area contributed by atoms with Crippen LogP contribution in [0.5, 0.6) is 11.5 Å². The molecule has 3 aliphatic rings. The van der Waals surface area contributed by atoms with Gasteiger partial charge in [0.15, 0.2) is 17.8 Å². The van der Waals surface area contributed by atoms with Gasteiger partial charge in [-0.1, -0.05) is 72.8 Å². The van der Waals surface area contributed by atoms with E-state index in [0.29, 0.717) is 30.0 Å². The van der Waals surface area contributed by atoms with Gasteiger partial charge < -0.3 is 34.3 Å². The van der Waals surface area contributed by atoms with E-state index >= 15 is 0 Å². The number of methoxy groups -OCH3 is 2. The lowest BCUT2D eigenvalue weighted by molar-refractivity contribution is -0.253. The molecule has 0 aromatic heterocycles. The van der Waals surface area contributed by atoms with E-state index in [4.69, 9.17) is 18.9 Å². The molecule has 10 nitrogen and oxygen atoms in total. The van der Waals surface area contributed by atoms with Crippen LogP contribution in [-0.2, 0) is 45.2 Å². The number of benzene rings is 4. The summed E-state index contributed by atoms with van der Waals surface area (Å²) in [6.45, 7) is 2.23. The van der Waals surface area contributed by atoms with Gasteiger partial charge in [-0.15, -0.1) is 0 Å². The van der Waals surface area contributed by atoms with Crippen molar-refractivity contribution in [3.05, 3.63) is 118 Å². The second-order valence-corrected chi connectivity index (χ2v) is 14.5. The molecule has 4 aromatic carbocycles. The van der Waals surface area contributed by atoms with Gasteiger partial charge in [-0.3, -0.25) is 14.5 Å². The SMILES string of the molecule is COc1cc2c(cc1OC)CN(C[C@H]1C[C@@H](c3ccc(CO)cc3)O[C@@H](c3ccc(-c4ccccc4CNC(=O)[C@@H]4CCCN4C(=O)C(F)(F)F)cc3)O1)CC2. The minimum atomic E-state index is -5.03. The maximum atomic E-state index is 13.1. The fourth-order valence-electron chi connectivity index (χ4n) is 7.94. The summed E-state index contributed by atoms with van der Waals surface area (Å²) >= 11 is 0. The van der Waals surface area contributed by atoms with Gasteiger partial charge in [0.25, 0.3) is 0 Å². The van der Waals surface area contributed by atoms with Crippen LogP contribution < -0.4 is 14.8 Å². The Kier molecular flexibility index (Phi) is 12.0. The van der Waals surface area contributed by atoms with E-state index in [2.05, 4.69) is 22.3 Å². The molecule has 7 rings (SSSR count). The Hall–Kier alpha value is -4.95. The number of ether oxygens (including phenoxy) is 4. The molecule has 0 saturated carbocycles. The lowest BCUT2D eigenvalue weighted by Crippen LogP contribution is -2.50. The molecule has 2 amide bonds. The molecule has 0 aliphatic carbocycles. The number of amides is 2. The van der Waals surface area contributed by atoms with Crippen LogP contribution >= 0.6 is 0 Å². The fraction of sp³-hybridized carbons (Fsp3) is 0.395. The molecule has 13 heteroatoms. The van der Waals surface area contributed by atoms with Crippen LogP contribution in [0.1, 0.15) is 65.0 Å². The van der Waals surface area contributed by atoms with Crippen molar-refractivity contribution in [1.29, 1.82) is 0 Å². The van der Waals surface area contributed by atoms with Crippen molar-refractivity contribution >= 4 is 11.8 Å². The third kappa shape index (κ3) is 8.71. The number of alkyl halides is 3. The number of nitrogens with zero attached hydrogens (tertiary/aromatic N) is 2. The summed E-state index contributed by atoms with van der Waals surface area (Å²) in [4.78, 5) is 28.0. The van der Waals surface area contributed by atoms with Crippen molar-refractivity contribution in [2.45, 2.75) is 76.1 Å². The van der Waals surface area contributed by atoms with E-state index in [-0.39, 0.29) is 38.3 Å². The molecule has 4 aromatic rings. The van der Waals surface area contributed by atoms with Gasteiger partial charge in [-0.05, 0) is 70.3 Å². The van der Waals surface area contributed by atoms with Crippen molar-refractivity contribution in [2.24, 2.45) is 0 Å². The Morgan fingerprint density at radius 2 is 1.59 bits per heavy atom. The van der Waals surface area contributed by atoms with Crippen LogP contribution in [0.3, 0.4) is 0 Å². The van der Waals surface area contributed by atoms with E-state index in [1.165, 1.54) is 11.1 Å². The van der Waals surface area contributed by atoms with Crippen LogP contribution in [0.15, 0.2) is 84.9 Å². The van der Waals surface area contributed by atoms with Gasteiger partial charge in [0.1, 0.15) is 6.04 Å². The van der Waals surface area contributed by atoms with Crippen LogP contribution in [0.4, 0.5) is 13.2 Å². The lowest BCUT2D eigenvalue weighted by atomic mass is 9.96. The summed E-state index contributed by atoms with van der Waals surface area (Å²) < 4.78 is 63.8. The monoisotopic (exact) mass is 773 g/mol. The lowest BCUT2D eigenvalue weighted by Gasteiger charge is -2.39. The van der Waals surface area contributed by atoms with Gasteiger partial charge >= 0.3 is 12.1 Å². The molecule has 2 N–H and O–H groups in total. The maximum absolute atomic E-state index is 13.1. The number of likely N-dealkylation sites (tertiary alicyclic amines) is 1. The molecule has 2 saturated heterocycles. The summed E-state index contributed by atoms with van der Waals surface area (Å²) in [6, 6.07) is 26.1. The number of nitrogens with one attached hydrogen (secondary N) is 1. The second-order valence-electron chi connectivity index (χ2n) is 14.5. The Labute approximate surface area is 324 Å². The number of hydrogen-bond acceptors (Lipinski definition) is 8. The molecule has 296 valence electrons. The van der Waals surface area contributed by atoms with E-state index in [0.717, 1.165) is 58.6 Å². The highest BCUT2D eigenvalue weighted by Crippen LogP contribution is 2.40. The minimum absolute atomic E-state index is 0.0444. The van der Waals surface area contributed by atoms with E-state index in [1.807, 2.05) is 72.8 Å². The predicted octanol–water partition coefficient (Wildman–Crippen LogP) is 6.64. The van der Waals surface area contributed by atoms with E-state index in [1.54, 1.807) is 14.2 Å². The van der Waals surface area contributed by atoms with Gasteiger partial charge in [-0.2, -0.15) is 13.2 Å². The largest absolute Gasteiger partial charge is 0.493 e. The first-order valence-electron chi connectivity index (χ1n) is 18.8. The molecule has 0 spiro atoms. The first kappa shape index (κ1) is 39.3. The highest BCUT2D eigenvalue weighted by Gasteiger charge is 2.47. The molecule has 0 unspecified atom stereocenters. The number of aliphatic hydroxyl groups is 1. The standard InChI is InChI=1S/C43H46F3N3O7/c1-53-38-20-31-17-19-48(24-33(31)21-39(38)54-2)25-34-22-37(29-11-9-27(26-50)10-12-29)56-41(55-34)30-15-13-28(14-16-30)35-7-4-3-6-32(35)23-47-40(51)36-8-5-18-49(36)42(52)43(44,45)46/h3-4,6-7,9-16,20-21,34,36-37,41,50H,5,8,17-19,22-26H2,1-2H3,(H,47,51)/t34-,36+,37+,41+/m1/s1. The number of carbonyl (C=O) groups excluding carboxylic acids is 2. The Morgan fingerprint density at radius 1 is 0.893 bits per heavy atom. The quantitative estimate of drug-likeness (QED) is 0.175. The van der Waals surface area contributed by atoms with Crippen molar-refractivity contribution in [2.75, 3.05) is 33.9 Å². The average Bonchev–Trinajstić information content (AvgIpc) is 3.72. The number of hydrogen-bond donors (Lipinski definition) is 2. The Morgan fingerprint density at radius 3 is 2.29 bits per heavy atom. The van der Waals surface area contributed by atoms with Gasteiger partial charge in [0.2, 0.25) is 5.91 Å². The van der Waals surface area contributed by atoms with Crippen LogP contribution in [0, 0.1) is 0 Å². The third-order valence-corrected chi connectivity index (χ3v) is 10.9. The van der Waals surface area contributed by atoms with Gasteiger partial charge in [-0.25, -0.2) is 0 Å². The number of fused-ring (bicyclic) bond motifs is 1. The molecular weight excluding hydrogens is 727 g/mol. The molecule has 3 heterocycles. The topological polar surface area (TPSA) is 110 Å². The summed E-state index contributed by atoms with van der Waals surface area (Å²) in [5.74, 6) is -1.17. The van der Waals surface area contributed by atoms with E-state index < -0.39 is 30.3 Å². The summed E-state index contributed by atoms with van der Waals surface area (Å²) in [7, 11) is 3.29. The van der Waals surface area contributed by atoms with Crippen LogP contribution in [0.2, 0.25) is 0 Å². The van der Waals surface area contributed by atoms with Crippen LogP contribution in [-0.4, -0.2) is 78.9 Å². The molecule has 56 heavy (non-hydrogen) atoms. The zero-order chi connectivity index (χ0) is 39.4.